The third-order valence-corrected chi connectivity index (χ3v) is 4.44. The number of benzene rings is 1. The number of aliphatic carboxylic acids is 1. The fourth-order valence-corrected chi connectivity index (χ4v) is 3.16. The van der Waals surface area contributed by atoms with E-state index in [1.165, 1.54) is 12.1 Å². The molecule has 4 N–H and O–H groups in total. The number of rotatable bonds is 4. The number of anilines is 1. The quantitative estimate of drug-likeness (QED) is 0.642. The maximum absolute atomic E-state index is 12.5. The Morgan fingerprint density at radius 3 is 2.50 bits per heavy atom. The first-order valence-corrected chi connectivity index (χ1v) is 8.87. The molecule has 0 radical (unpaired) electrons. The van der Waals surface area contributed by atoms with Crippen LogP contribution in [0.5, 0.6) is 0 Å². The molecule has 0 unspecified atom stereocenters. The highest BCUT2D eigenvalue weighted by Gasteiger charge is 2.34. The van der Waals surface area contributed by atoms with E-state index in [2.05, 4.69) is 16.0 Å². The second-order valence-electron chi connectivity index (χ2n) is 7.48. The lowest BCUT2D eigenvalue weighted by Crippen LogP contribution is -2.43. The average Bonchev–Trinajstić information content (AvgIpc) is 2.95. The molecule has 1 aromatic rings. The van der Waals surface area contributed by atoms with Crippen LogP contribution in [-0.2, 0) is 4.79 Å². The van der Waals surface area contributed by atoms with E-state index in [1.54, 1.807) is 6.07 Å². The predicted octanol–water partition coefficient (Wildman–Crippen LogP) is 3.24. The first-order valence-electron chi connectivity index (χ1n) is 8.49. The lowest BCUT2D eigenvalue weighted by Gasteiger charge is -2.21. The summed E-state index contributed by atoms with van der Waals surface area (Å²) in [6.07, 6.45) is 1.92. The molecule has 1 fully saturated rings. The van der Waals surface area contributed by atoms with E-state index < -0.39 is 35.4 Å². The molecule has 0 aliphatic heterocycles. The normalized spacial score (nSPS) is 19.7. The van der Waals surface area contributed by atoms with E-state index >= 15 is 0 Å². The van der Waals surface area contributed by atoms with Gasteiger partial charge in [0.1, 0.15) is 0 Å². The van der Waals surface area contributed by atoms with Gasteiger partial charge < -0.3 is 21.1 Å². The second kappa shape index (κ2) is 7.95. The van der Waals surface area contributed by atoms with Gasteiger partial charge >= 0.3 is 12.0 Å². The first kappa shape index (κ1) is 20.0. The van der Waals surface area contributed by atoms with Gasteiger partial charge in [0.25, 0.3) is 5.91 Å². The average molecular weight is 382 g/mol. The van der Waals surface area contributed by atoms with Crippen LogP contribution < -0.4 is 16.0 Å². The van der Waals surface area contributed by atoms with Crippen LogP contribution in [-0.4, -0.2) is 34.6 Å². The smallest absolute Gasteiger partial charge is 0.319 e. The monoisotopic (exact) mass is 381 g/mol. The zero-order valence-corrected chi connectivity index (χ0v) is 15.8. The number of carboxylic acid groups (broad SMARTS) is 1. The van der Waals surface area contributed by atoms with Gasteiger partial charge in [-0.25, -0.2) is 4.79 Å². The highest BCUT2D eigenvalue weighted by molar-refractivity contribution is 6.34. The summed E-state index contributed by atoms with van der Waals surface area (Å²) in [7, 11) is 0. The summed E-state index contributed by atoms with van der Waals surface area (Å²) in [5, 5.41) is 17.6. The van der Waals surface area contributed by atoms with E-state index in [0.717, 1.165) is 6.42 Å². The van der Waals surface area contributed by atoms with Crippen molar-refractivity contribution in [2.45, 2.75) is 51.6 Å². The van der Waals surface area contributed by atoms with Gasteiger partial charge in [0, 0.05) is 17.3 Å². The summed E-state index contributed by atoms with van der Waals surface area (Å²) in [5.74, 6) is -1.95. The van der Waals surface area contributed by atoms with Crippen molar-refractivity contribution in [1.29, 1.82) is 0 Å². The maximum Gasteiger partial charge on any atom is 0.319 e. The SMILES string of the molecule is CC(C)(C)NC(=O)Nc1ccc(Cl)c(C(=O)N[C@@H]2CCC[C@@H]2C(=O)O)c1. The number of carbonyl (C=O) groups is 3. The lowest BCUT2D eigenvalue weighted by atomic mass is 10.0. The summed E-state index contributed by atoms with van der Waals surface area (Å²) >= 11 is 6.11. The van der Waals surface area contributed by atoms with Gasteiger partial charge in [-0.05, 0) is 51.8 Å². The van der Waals surface area contributed by atoms with E-state index in [-0.39, 0.29) is 10.6 Å². The van der Waals surface area contributed by atoms with Crippen molar-refractivity contribution in [2.24, 2.45) is 5.92 Å². The lowest BCUT2D eigenvalue weighted by molar-refractivity contribution is -0.142. The van der Waals surface area contributed by atoms with Crippen LogP contribution in [0, 0.1) is 5.92 Å². The van der Waals surface area contributed by atoms with Crippen LogP contribution in [0.3, 0.4) is 0 Å². The molecule has 0 heterocycles. The Bertz CT molecular complexity index is 715. The summed E-state index contributed by atoms with van der Waals surface area (Å²) in [4.78, 5) is 35.8. The number of carbonyl (C=O) groups excluding carboxylic acids is 2. The van der Waals surface area contributed by atoms with Gasteiger partial charge in [-0.2, -0.15) is 0 Å². The minimum Gasteiger partial charge on any atom is -0.481 e. The summed E-state index contributed by atoms with van der Waals surface area (Å²) < 4.78 is 0. The molecule has 2 rings (SSSR count). The molecular formula is C18H24ClN3O4. The zero-order valence-electron chi connectivity index (χ0n) is 15.1. The van der Waals surface area contributed by atoms with Crippen LogP contribution in [0.1, 0.15) is 50.4 Å². The number of halogens is 1. The minimum absolute atomic E-state index is 0.191. The van der Waals surface area contributed by atoms with Gasteiger partial charge in [0.15, 0.2) is 0 Å². The molecule has 8 heteroatoms. The Morgan fingerprint density at radius 1 is 1.19 bits per heavy atom. The topological polar surface area (TPSA) is 108 Å². The van der Waals surface area contributed by atoms with E-state index in [1.807, 2.05) is 20.8 Å². The Labute approximate surface area is 157 Å². The molecule has 1 aliphatic carbocycles. The van der Waals surface area contributed by atoms with Crippen molar-refractivity contribution in [3.05, 3.63) is 28.8 Å². The fraction of sp³-hybridized carbons (Fsp3) is 0.500. The molecule has 7 nitrogen and oxygen atoms in total. The third kappa shape index (κ3) is 5.36. The molecule has 1 saturated carbocycles. The molecular weight excluding hydrogens is 358 g/mol. The predicted molar refractivity (Wildman–Crippen MR) is 99.6 cm³/mol. The largest absolute Gasteiger partial charge is 0.481 e. The van der Waals surface area contributed by atoms with Crippen molar-refractivity contribution in [3.63, 3.8) is 0 Å². The molecule has 0 bridgehead atoms. The van der Waals surface area contributed by atoms with Crippen molar-refractivity contribution in [3.8, 4) is 0 Å². The molecule has 1 aliphatic rings. The van der Waals surface area contributed by atoms with E-state index in [0.29, 0.717) is 18.5 Å². The fourth-order valence-electron chi connectivity index (χ4n) is 2.95. The van der Waals surface area contributed by atoms with Gasteiger partial charge in [0.2, 0.25) is 0 Å². The Hall–Kier alpha value is -2.28. The Kier molecular flexibility index (Phi) is 6.13. The van der Waals surface area contributed by atoms with Gasteiger partial charge in [-0.3, -0.25) is 9.59 Å². The maximum atomic E-state index is 12.5. The summed E-state index contributed by atoms with van der Waals surface area (Å²) in [5.41, 5.74) is 0.212. The third-order valence-electron chi connectivity index (χ3n) is 4.11. The second-order valence-corrected chi connectivity index (χ2v) is 7.89. The van der Waals surface area contributed by atoms with Crippen LogP contribution in [0.25, 0.3) is 0 Å². The molecule has 3 amide bonds. The molecule has 0 spiro atoms. The van der Waals surface area contributed by atoms with Crippen LogP contribution in [0.2, 0.25) is 5.02 Å². The Morgan fingerprint density at radius 2 is 1.88 bits per heavy atom. The molecule has 142 valence electrons. The highest BCUT2D eigenvalue weighted by atomic mass is 35.5. The minimum atomic E-state index is -0.909. The Balaban J connectivity index is 2.10. The van der Waals surface area contributed by atoms with Crippen LogP contribution in [0.15, 0.2) is 18.2 Å². The molecule has 26 heavy (non-hydrogen) atoms. The number of hydrogen-bond donors (Lipinski definition) is 4. The number of hydrogen-bond acceptors (Lipinski definition) is 3. The number of urea groups is 1. The number of carboxylic acids is 1. The number of amides is 3. The van der Waals surface area contributed by atoms with Gasteiger partial charge in [0.05, 0.1) is 16.5 Å². The van der Waals surface area contributed by atoms with Crippen molar-refractivity contribution >= 4 is 35.2 Å². The van der Waals surface area contributed by atoms with E-state index in [4.69, 9.17) is 11.6 Å². The molecule has 2 atom stereocenters. The molecule has 0 saturated heterocycles. The summed E-state index contributed by atoms with van der Waals surface area (Å²) in [6, 6.07) is 3.78. The highest BCUT2D eigenvalue weighted by Crippen LogP contribution is 2.27. The summed E-state index contributed by atoms with van der Waals surface area (Å²) in [6.45, 7) is 5.56. The molecule has 1 aromatic carbocycles. The van der Waals surface area contributed by atoms with Crippen molar-refractivity contribution in [2.75, 3.05) is 5.32 Å². The first-order chi connectivity index (χ1) is 12.1. The van der Waals surface area contributed by atoms with Crippen LogP contribution >= 0.6 is 11.6 Å². The van der Waals surface area contributed by atoms with Crippen molar-refractivity contribution in [1.82, 2.24) is 10.6 Å². The van der Waals surface area contributed by atoms with E-state index in [9.17, 15) is 19.5 Å². The molecule has 0 aromatic heterocycles. The van der Waals surface area contributed by atoms with Gasteiger partial charge in [-0.1, -0.05) is 18.0 Å². The van der Waals surface area contributed by atoms with Gasteiger partial charge in [-0.15, -0.1) is 0 Å². The van der Waals surface area contributed by atoms with Crippen LogP contribution in [0.4, 0.5) is 10.5 Å². The standard InChI is InChI=1S/C18H24ClN3O4/c1-18(2,3)22-17(26)20-10-7-8-13(19)12(9-10)15(23)21-14-6-4-5-11(14)16(24)25/h7-9,11,14H,4-6H2,1-3H3,(H,21,23)(H,24,25)(H2,20,22,26)/t11-,14+/m0/s1. The number of nitrogens with one attached hydrogen (secondary N) is 3. The zero-order chi connectivity index (χ0) is 19.5. The van der Waals surface area contributed by atoms with Crippen molar-refractivity contribution < 1.29 is 19.5 Å².